The average molecular weight is 258 g/mol. The van der Waals surface area contributed by atoms with Crippen LogP contribution in [0.5, 0.6) is 5.75 Å². The molecule has 1 aromatic carbocycles. The van der Waals surface area contributed by atoms with E-state index in [0.717, 1.165) is 16.9 Å². The lowest BCUT2D eigenvalue weighted by molar-refractivity contribution is 0.407. The molecular weight excluding hydrogens is 242 g/mol. The van der Waals surface area contributed by atoms with Crippen LogP contribution in [0.15, 0.2) is 18.2 Å². The maximum Gasteiger partial charge on any atom is 0.122 e. The third-order valence-corrected chi connectivity index (χ3v) is 2.40. The van der Waals surface area contributed by atoms with Crippen molar-refractivity contribution >= 4 is 21.6 Å². The molecule has 0 aliphatic rings. The number of ether oxygens (including phenoxy) is 1. The van der Waals surface area contributed by atoms with Crippen LogP contribution in [0.25, 0.3) is 0 Å². The van der Waals surface area contributed by atoms with Crippen LogP contribution in [0.2, 0.25) is 0 Å². The molecule has 14 heavy (non-hydrogen) atoms. The fourth-order valence-electron chi connectivity index (χ4n) is 1.37. The summed E-state index contributed by atoms with van der Waals surface area (Å²) in [6, 6.07) is 6.15. The predicted molar refractivity (Wildman–Crippen MR) is 64.5 cm³/mol. The molecule has 0 aromatic heterocycles. The zero-order valence-electron chi connectivity index (χ0n) is 8.80. The van der Waals surface area contributed by atoms with Gasteiger partial charge in [0.05, 0.1) is 12.6 Å². The molecule has 1 N–H and O–H groups in total. The number of hydrogen-bond acceptors (Lipinski definition) is 2. The fraction of sp³-hybridized carbons (Fsp3) is 0.455. The lowest BCUT2D eigenvalue weighted by Gasteiger charge is -2.13. The van der Waals surface area contributed by atoms with E-state index in [9.17, 15) is 0 Å². The predicted octanol–water partition coefficient (Wildman–Crippen LogP) is 3.58. The molecule has 78 valence electrons. The van der Waals surface area contributed by atoms with Gasteiger partial charge < -0.3 is 10.1 Å². The number of methoxy groups -OCH3 is 1. The number of hydrogen-bond donors (Lipinski definition) is 1. The topological polar surface area (TPSA) is 21.3 Å². The van der Waals surface area contributed by atoms with Gasteiger partial charge in [0, 0.05) is 5.69 Å². The quantitative estimate of drug-likeness (QED) is 0.658. The highest BCUT2D eigenvalue weighted by molar-refractivity contribution is 9.09. The van der Waals surface area contributed by atoms with Crippen molar-refractivity contribution in [3.63, 3.8) is 0 Å². The van der Waals surface area contributed by atoms with E-state index in [1.165, 1.54) is 5.56 Å². The molecular formula is C11H16BrNO. The summed E-state index contributed by atoms with van der Waals surface area (Å²) in [4.78, 5) is 0. The van der Waals surface area contributed by atoms with Crippen molar-refractivity contribution in [3.05, 3.63) is 23.8 Å². The van der Waals surface area contributed by atoms with Crippen LogP contribution < -0.4 is 10.1 Å². The summed E-state index contributed by atoms with van der Waals surface area (Å²) in [5.74, 6) is 1.43. The van der Waals surface area contributed by atoms with E-state index in [-0.39, 0.29) is 0 Å². The molecule has 0 unspecified atom stereocenters. The summed E-state index contributed by atoms with van der Waals surface area (Å²) >= 11 is 3.34. The maximum absolute atomic E-state index is 5.30. The SMILES string of the molecule is COc1ccc(NCBr)cc1C(C)C. The molecule has 0 heterocycles. The monoisotopic (exact) mass is 257 g/mol. The summed E-state index contributed by atoms with van der Waals surface area (Å²) in [6.07, 6.45) is 0. The number of alkyl halides is 1. The number of rotatable bonds is 4. The van der Waals surface area contributed by atoms with Crippen molar-refractivity contribution in [3.8, 4) is 5.75 Å². The highest BCUT2D eigenvalue weighted by Gasteiger charge is 2.07. The van der Waals surface area contributed by atoms with Gasteiger partial charge in [0.15, 0.2) is 0 Å². The molecule has 0 amide bonds. The number of benzene rings is 1. The van der Waals surface area contributed by atoms with E-state index in [1.807, 2.05) is 12.1 Å². The molecule has 0 spiro atoms. The maximum atomic E-state index is 5.30. The number of halogens is 1. The van der Waals surface area contributed by atoms with Crippen LogP contribution in [0, 0.1) is 0 Å². The Morgan fingerprint density at radius 1 is 1.43 bits per heavy atom. The van der Waals surface area contributed by atoms with E-state index in [0.29, 0.717) is 5.92 Å². The van der Waals surface area contributed by atoms with Crippen molar-refractivity contribution in [1.82, 2.24) is 0 Å². The Bertz CT molecular complexity index is 299. The third kappa shape index (κ3) is 2.64. The summed E-state index contributed by atoms with van der Waals surface area (Å²) < 4.78 is 5.30. The fourth-order valence-corrected chi connectivity index (χ4v) is 1.70. The second-order valence-electron chi connectivity index (χ2n) is 3.42. The Labute approximate surface area is 93.8 Å². The van der Waals surface area contributed by atoms with Gasteiger partial charge >= 0.3 is 0 Å². The largest absolute Gasteiger partial charge is 0.496 e. The molecule has 2 nitrogen and oxygen atoms in total. The molecule has 1 rings (SSSR count). The van der Waals surface area contributed by atoms with Crippen molar-refractivity contribution in [2.75, 3.05) is 17.9 Å². The highest BCUT2D eigenvalue weighted by Crippen LogP contribution is 2.29. The van der Waals surface area contributed by atoms with Crippen LogP contribution in [0.3, 0.4) is 0 Å². The van der Waals surface area contributed by atoms with Gasteiger partial charge in [-0.25, -0.2) is 0 Å². The first kappa shape index (κ1) is 11.4. The van der Waals surface area contributed by atoms with Gasteiger partial charge in [0.1, 0.15) is 5.75 Å². The molecule has 0 fully saturated rings. The van der Waals surface area contributed by atoms with Crippen LogP contribution in [0.4, 0.5) is 5.69 Å². The second-order valence-corrected chi connectivity index (χ2v) is 3.98. The summed E-state index contributed by atoms with van der Waals surface area (Å²) in [5, 5.41) is 3.22. The normalized spacial score (nSPS) is 10.4. The summed E-state index contributed by atoms with van der Waals surface area (Å²) in [5.41, 5.74) is 3.11. The minimum absolute atomic E-state index is 0.474. The first-order valence-corrected chi connectivity index (χ1v) is 5.79. The molecule has 0 saturated heterocycles. The van der Waals surface area contributed by atoms with Crippen molar-refractivity contribution in [2.45, 2.75) is 19.8 Å². The Kier molecular flexibility index (Phi) is 4.26. The first-order chi connectivity index (χ1) is 6.69. The van der Waals surface area contributed by atoms with Gasteiger partial charge in [0.2, 0.25) is 0 Å². The van der Waals surface area contributed by atoms with Gasteiger partial charge in [0.25, 0.3) is 0 Å². The van der Waals surface area contributed by atoms with E-state index in [1.54, 1.807) is 7.11 Å². The summed E-state index contributed by atoms with van der Waals surface area (Å²) in [7, 11) is 1.71. The van der Waals surface area contributed by atoms with E-state index in [2.05, 4.69) is 41.2 Å². The van der Waals surface area contributed by atoms with Gasteiger partial charge in [-0.05, 0) is 29.7 Å². The van der Waals surface area contributed by atoms with Gasteiger partial charge in [-0.1, -0.05) is 29.8 Å². The molecule has 0 atom stereocenters. The Morgan fingerprint density at radius 3 is 2.64 bits per heavy atom. The number of nitrogens with one attached hydrogen (secondary N) is 1. The lowest BCUT2D eigenvalue weighted by Crippen LogP contribution is -1.98. The van der Waals surface area contributed by atoms with E-state index < -0.39 is 0 Å². The van der Waals surface area contributed by atoms with Gasteiger partial charge in [-0.2, -0.15) is 0 Å². The van der Waals surface area contributed by atoms with Crippen molar-refractivity contribution in [1.29, 1.82) is 0 Å². The standard InChI is InChI=1S/C11H16BrNO/c1-8(2)10-6-9(13-7-12)4-5-11(10)14-3/h4-6,8,13H,7H2,1-3H3. The van der Waals surface area contributed by atoms with Crippen LogP contribution >= 0.6 is 15.9 Å². The Balaban J connectivity index is 3.01. The second kappa shape index (κ2) is 5.25. The van der Waals surface area contributed by atoms with Crippen LogP contribution in [-0.2, 0) is 0 Å². The van der Waals surface area contributed by atoms with Crippen LogP contribution in [0.1, 0.15) is 25.3 Å². The van der Waals surface area contributed by atoms with Gasteiger partial charge in [-0.15, -0.1) is 0 Å². The smallest absolute Gasteiger partial charge is 0.122 e. The molecule has 0 saturated carbocycles. The summed E-state index contributed by atoms with van der Waals surface area (Å²) in [6.45, 7) is 4.32. The molecule has 0 radical (unpaired) electrons. The minimum Gasteiger partial charge on any atom is -0.496 e. The third-order valence-electron chi connectivity index (χ3n) is 2.12. The number of anilines is 1. The molecule has 0 bridgehead atoms. The van der Waals surface area contributed by atoms with Crippen molar-refractivity contribution < 1.29 is 4.74 Å². The van der Waals surface area contributed by atoms with Crippen molar-refractivity contribution in [2.24, 2.45) is 0 Å². The first-order valence-electron chi connectivity index (χ1n) is 4.66. The van der Waals surface area contributed by atoms with E-state index in [4.69, 9.17) is 4.74 Å². The minimum atomic E-state index is 0.474. The zero-order chi connectivity index (χ0) is 10.6. The van der Waals surface area contributed by atoms with Crippen LogP contribution in [-0.4, -0.2) is 12.6 Å². The Hall–Kier alpha value is -0.700. The lowest BCUT2D eigenvalue weighted by atomic mass is 10.0. The molecule has 3 heteroatoms. The Morgan fingerprint density at radius 2 is 2.14 bits per heavy atom. The highest BCUT2D eigenvalue weighted by atomic mass is 79.9. The average Bonchev–Trinajstić information content (AvgIpc) is 2.18. The molecule has 0 aliphatic heterocycles. The molecule has 1 aromatic rings. The molecule has 0 aliphatic carbocycles. The van der Waals surface area contributed by atoms with E-state index >= 15 is 0 Å². The van der Waals surface area contributed by atoms with Gasteiger partial charge in [-0.3, -0.25) is 0 Å². The zero-order valence-corrected chi connectivity index (χ0v) is 10.4.